The van der Waals surface area contributed by atoms with Crippen molar-refractivity contribution in [1.82, 2.24) is 0 Å². The van der Waals surface area contributed by atoms with Gasteiger partial charge in [0.2, 0.25) is 5.76 Å². The first-order valence-electron chi connectivity index (χ1n) is 9.50. The second kappa shape index (κ2) is 6.45. The smallest absolute Gasteiger partial charge is 0.374 e. The van der Waals surface area contributed by atoms with E-state index in [1.807, 2.05) is 0 Å². The van der Waals surface area contributed by atoms with Gasteiger partial charge in [0.05, 0.1) is 18.6 Å². The molecular weight excluding hydrogens is 332 g/mol. The van der Waals surface area contributed by atoms with Crippen LogP contribution in [0.15, 0.2) is 16.5 Å². The van der Waals surface area contributed by atoms with Gasteiger partial charge in [-0.1, -0.05) is 12.8 Å². The molecule has 4 rings (SSSR count). The molecule has 0 radical (unpaired) electrons. The summed E-state index contributed by atoms with van der Waals surface area (Å²) in [4.78, 5) is 25.2. The lowest BCUT2D eigenvalue weighted by Crippen LogP contribution is -2.41. The average molecular weight is 356 g/mol. The molecule has 0 bridgehead atoms. The minimum atomic E-state index is -0.501. The van der Waals surface area contributed by atoms with Gasteiger partial charge in [-0.3, -0.25) is 4.79 Å². The van der Waals surface area contributed by atoms with Crippen molar-refractivity contribution >= 4 is 22.7 Å². The van der Waals surface area contributed by atoms with Gasteiger partial charge in [-0.05, 0) is 51.7 Å². The van der Waals surface area contributed by atoms with E-state index in [-0.39, 0.29) is 23.8 Å². The van der Waals surface area contributed by atoms with Crippen LogP contribution >= 0.6 is 0 Å². The van der Waals surface area contributed by atoms with Crippen LogP contribution in [0.1, 0.15) is 78.3 Å². The molecular formula is C21H24O5. The van der Waals surface area contributed by atoms with Crippen molar-refractivity contribution in [3.8, 4) is 5.75 Å². The van der Waals surface area contributed by atoms with Crippen molar-refractivity contribution in [3.63, 3.8) is 0 Å². The van der Waals surface area contributed by atoms with Gasteiger partial charge in [0.15, 0.2) is 5.78 Å². The van der Waals surface area contributed by atoms with Crippen molar-refractivity contribution in [2.45, 2.75) is 64.4 Å². The number of esters is 1. The SMILES string of the molecule is CCOC(=O)c1oc2ccc3c(c2c1C)C(=O)CC1(CCCCCC1)O3. The van der Waals surface area contributed by atoms with Crippen LogP contribution in [0.5, 0.6) is 5.75 Å². The predicted octanol–water partition coefficient (Wildman–Crippen LogP) is 4.98. The highest BCUT2D eigenvalue weighted by Gasteiger charge is 2.42. The molecule has 1 saturated carbocycles. The molecule has 1 aliphatic heterocycles. The molecule has 1 spiro atoms. The van der Waals surface area contributed by atoms with E-state index in [1.165, 1.54) is 12.8 Å². The molecule has 26 heavy (non-hydrogen) atoms. The Kier molecular flexibility index (Phi) is 4.25. The Morgan fingerprint density at radius 1 is 1.19 bits per heavy atom. The molecule has 0 atom stereocenters. The van der Waals surface area contributed by atoms with Crippen LogP contribution in [0.4, 0.5) is 0 Å². The van der Waals surface area contributed by atoms with E-state index < -0.39 is 5.97 Å². The average Bonchev–Trinajstić information content (AvgIpc) is 2.79. The summed E-state index contributed by atoms with van der Waals surface area (Å²) >= 11 is 0. The number of hydrogen-bond donors (Lipinski definition) is 0. The summed E-state index contributed by atoms with van der Waals surface area (Å²) in [6, 6.07) is 3.59. The van der Waals surface area contributed by atoms with Gasteiger partial charge in [-0.15, -0.1) is 0 Å². The first-order chi connectivity index (χ1) is 12.5. The number of furan rings is 1. The lowest BCUT2D eigenvalue weighted by molar-refractivity contribution is 0.0301. The Morgan fingerprint density at radius 2 is 1.92 bits per heavy atom. The van der Waals surface area contributed by atoms with Crippen LogP contribution in [-0.2, 0) is 4.74 Å². The number of hydrogen-bond acceptors (Lipinski definition) is 5. The Labute approximate surface area is 152 Å². The van der Waals surface area contributed by atoms with Gasteiger partial charge < -0.3 is 13.9 Å². The molecule has 138 valence electrons. The Balaban J connectivity index is 1.80. The number of benzene rings is 1. The first kappa shape index (κ1) is 17.1. The fourth-order valence-corrected chi connectivity index (χ4v) is 4.38. The standard InChI is InChI=1S/C21H24O5/c1-3-24-20(23)19-13(2)17-15(25-19)8-9-16-18(17)14(22)12-21(26-16)10-6-4-5-7-11-21/h8-9H,3-7,10-12H2,1-2H3. The predicted molar refractivity (Wildman–Crippen MR) is 96.9 cm³/mol. The summed E-state index contributed by atoms with van der Waals surface area (Å²) in [7, 11) is 0. The Bertz CT molecular complexity index is 868. The third-order valence-corrected chi connectivity index (χ3v) is 5.62. The normalized spacial score (nSPS) is 19.1. The Morgan fingerprint density at radius 3 is 2.62 bits per heavy atom. The van der Waals surface area contributed by atoms with Crippen LogP contribution in [0.2, 0.25) is 0 Å². The van der Waals surface area contributed by atoms with Gasteiger partial charge >= 0.3 is 5.97 Å². The van der Waals surface area contributed by atoms with Crippen molar-refractivity contribution < 1.29 is 23.5 Å². The molecule has 2 heterocycles. The van der Waals surface area contributed by atoms with E-state index in [9.17, 15) is 9.59 Å². The Hall–Kier alpha value is -2.30. The number of carbonyl (C=O) groups is 2. The summed E-state index contributed by atoms with van der Waals surface area (Å²) in [6.45, 7) is 3.82. The molecule has 5 heteroatoms. The van der Waals surface area contributed by atoms with Crippen molar-refractivity contribution in [2.75, 3.05) is 6.61 Å². The van der Waals surface area contributed by atoms with Gasteiger partial charge in [0.1, 0.15) is 16.9 Å². The van der Waals surface area contributed by atoms with Crippen LogP contribution in [0, 0.1) is 6.92 Å². The highest BCUT2D eigenvalue weighted by Crippen LogP contribution is 2.44. The zero-order chi connectivity index (χ0) is 18.3. The van der Waals surface area contributed by atoms with Crippen LogP contribution in [-0.4, -0.2) is 24.0 Å². The maximum absolute atomic E-state index is 13.1. The van der Waals surface area contributed by atoms with E-state index in [2.05, 4.69) is 0 Å². The van der Waals surface area contributed by atoms with Gasteiger partial charge in [0, 0.05) is 10.9 Å². The molecule has 1 aliphatic carbocycles. The molecule has 0 N–H and O–H groups in total. The monoisotopic (exact) mass is 356 g/mol. The zero-order valence-electron chi connectivity index (χ0n) is 15.4. The fraction of sp³-hybridized carbons (Fsp3) is 0.524. The third kappa shape index (κ3) is 2.70. The lowest BCUT2D eigenvalue weighted by Gasteiger charge is -2.37. The van der Waals surface area contributed by atoms with E-state index in [0.717, 1.165) is 25.7 Å². The second-order valence-corrected chi connectivity index (χ2v) is 7.39. The molecule has 1 fully saturated rings. The summed E-state index contributed by atoms with van der Waals surface area (Å²) in [5.74, 6) is 0.366. The number of fused-ring (bicyclic) bond motifs is 3. The largest absolute Gasteiger partial charge is 0.486 e. The van der Waals surface area contributed by atoms with Crippen LogP contribution in [0.3, 0.4) is 0 Å². The molecule has 0 amide bonds. The summed E-state index contributed by atoms with van der Waals surface area (Å²) in [6.07, 6.45) is 6.86. The number of ether oxygens (including phenoxy) is 2. The zero-order valence-corrected chi connectivity index (χ0v) is 15.4. The number of rotatable bonds is 2. The highest BCUT2D eigenvalue weighted by molar-refractivity contribution is 6.13. The highest BCUT2D eigenvalue weighted by atomic mass is 16.5. The molecule has 1 aromatic carbocycles. The van der Waals surface area contributed by atoms with Gasteiger partial charge in [-0.25, -0.2) is 4.79 Å². The van der Waals surface area contributed by atoms with Crippen LogP contribution in [0.25, 0.3) is 11.0 Å². The lowest BCUT2D eigenvalue weighted by atomic mass is 9.83. The number of aryl methyl sites for hydroxylation is 1. The molecule has 0 saturated heterocycles. The van der Waals surface area contributed by atoms with Crippen molar-refractivity contribution in [3.05, 3.63) is 29.0 Å². The maximum atomic E-state index is 13.1. The van der Waals surface area contributed by atoms with Crippen molar-refractivity contribution in [1.29, 1.82) is 0 Å². The maximum Gasteiger partial charge on any atom is 0.374 e. The van der Waals surface area contributed by atoms with Crippen LogP contribution < -0.4 is 4.74 Å². The topological polar surface area (TPSA) is 65.7 Å². The van der Waals surface area contributed by atoms with Gasteiger partial charge in [-0.2, -0.15) is 0 Å². The van der Waals surface area contributed by atoms with E-state index in [4.69, 9.17) is 13.9 Å². The first-order valence-corrected chi connectivity index (χ1v) is 9.50. The van der Waals surface area contributed by atoms with E-state index >= 15 is 0 Å². The number of carbonyl (C=O) groups excluding carboxylic acids is 2. The molecule has 5 nitrogen and oxygen atoms in total. The van der Waals surface area contributed by atoms with E-state index in [1.54, 1.807) is 26.0 Å². The van der Waals surface area contributed by atoms with E-state index in [0.29, 0.717) is 34.3 Å². The number of ketones is 1. The van der Waals surface area contributed by atoms with Gasteiger partial charge in [0.25, 0.3) is 0 Å². The summed E-state index contributed by atoms with van der Waals surface area (Å²) in [5, 5.41) is 0.680. The second-order valence-electron chi connectivity index (χ2n) is 7.39. The fourth-order valence-electron chi connectivity index (χ4n) is 4.38. The molecule has 1 aromatic heterocycles. The minimum absolute atomic E-state index is 0.0815. The molecule has 2 aromatic rings. The number of Topliss-reactive ketones (excluding diaryl/α,β-unsaturated/α-hetero) is 1. The summed E-state index contributed by atoms with van der Waals surface area (Å²) < 4.78 is 17.2. The summed E-state index contributed by atoms with van der Waals surface area (Å²) in [5.41, 5.74) is 1.35. The third-order valence-electron chi connectivity index (χ3n) is 5.62. The van der Waals surface area contributed by atoms with Crippen molar-refractivity contribution in [2.24, 2.45) is 0 Å². The molecule has 0 unspecified atom stereocenters. The molecule has 2 aliphatic rings. The minimum Gasteiger partial charge on any atom is -0.486 e. The quantitative estimate of drug-likeness (QED) is 0.710.